The fourth-order valence-electron chi connectivity index (χ4n) is 5.06. The molecule has 0 radical (unpaired) electrons. The van der Waals surface area contributed by atoms with Gasteiger partial charge < -0.3 is 15.5 Å². The summed E-state index contributed by atoms with van der Waals surface area (Å²) in [6.07, 6.45) is 5.93. The van der Waals surface area contributed by atoms with Gasteiger partial charge in [0.25, 0.3) is 6.47 Å². The number of imidazole rings is 1. The molecule has 3 aromatic heterocycles. The highest BCUT2D eigenvalue weighted by Gasteiger charge is 2.38. The molecule has 4 heterocycles. The molecule has 11 nitrogen and oxygen atoms in total. The Morgan fingerprint density at radius 1 is 1.11 bits per heavy atom. The van der Waals surface area contributed by atoms with E-state index in [2.05, 4.69) is 54.5 Å². The number of phenols is 1. The molecule has 1 saturated heterocycles. The molecular weight excluding hydrogens is 448 g/mol. The van der Waals surface area contributed by atoms with E-state index in [-0.39, 0.29) is 23.3 Å². The Morgan fingerprint density at radius 3 is 2.40 bits per heavy atom. The van der Waals surface area contributed by atoms with Gasteiger partial charge in [-0.3, -0.25) is 9.20 Å². The lowest BCUT2D eigenvalue weighted by atomic mass is 9.74. The van der Waals surface area contributed by atoms with Crippen LogP contribution in [0, 0.1) is 0 Å². The van der Waals surface area contributed by atoms with E-state index < -0.39 is 0 Å². The molecule has 3 N–H and O–H groups in total. The van der Waals surface area contributed by atoms with Gasteiger partial charge in [-0.25, -0.2) is 9.97 Å². The second kappa shape index (κ2) is 9.06. The average molecular weight is 479 g/mol. The Kier molecular flexibility index (Phi) is 6.28. The number of fused-ring (bicyclic) bond motifs is 1. The van der Waals surface area contributed by atoms with Gasteiger partial charge in [-0.1, -0.05) is 6.07 Å². The topological polar surface area (TPSA) is 143 Å². The van der Waals surface area contributed by atoms with Crippen molar-refractivity contribution in [2.45, 2.75) is 57.5 Å². The van der Waals surface area contributed by atoms with Crippen molar-refractivity contribution in [3.05, 3.63) is 42.4 Å². The smallest absolute Gasteiger partial charge is 0.290 e. The fraction of sp³-hybridized carbons (Fsp3) is 0.417. The molecule has 0 spiro atoms. The monoisotopic (exact) mass is 478 g/mol. The number of piperidine rings is 1. The largest absolute Gasteiger partial charge is 0.507 e. The molecule has 184 valence electrons. The number of rotatable bonds is 3. The maximum absolute atomic E-state index is 10.7. The predicted octanol–water partition coefficient (Wildman–Crippen LogP) is 3.02. The number of carbonyl (C=O) groups is 1. The minimum absolute atomic E-state index is 0.0479. The predicted molar refractivity (Wildman–Crippen MR) is 130 cm³/mol. The molecular formula is C24H30N8O3. The first kappa shape index (κ1) is 24.3. The van der Waals surface area contributed by atoms with Crippen molar-refractivity contribution in [1.29, 1.82) is 0 Å². The maximum Gasteiger partial charge on any atom is 0.290 e. The molecule has 1 aromatic carbocycles. The summed E-state index contributed by atoms with van der Waals surface area (Å²) in [5.74, 6) is 1.56. The van der Waals surface area contributed by atoms with Gasteiger partial charge >= 0.3 is 0 Å². The van der Waals surface area contributed by atoms with Gasteiger partial charge in [-0.05, 0) is 63.9 Å². The van der Waals surface area contributed by atoms with Crippen molar-refractivity contribution in [3.63, 3.8) is 0 Å². The number of hydrogen-bond donors (Lipinski definition) is 3. The minimum Gasteiger partial charge on any atom is -0.507 e. The molecule has 11 heteroatoms. The summed E-state index contributed by atoms with van der Waals surface area (Å²) >= 11 is 0. The second-order valence-electron chi connectivity index (χ2n) is 10.1. The molecule has 4 aromatic rings. The summed E-state index contributed by atoms with van der Waals surface area (Å²) in [5, 5.41) is 33.3. The van der Waals surface area contributed by atoms with Crippen molar-refractivity contribution < 1.29 is 15.0 Å². The van der Waals surface area contributed by atoms with Crippen molar-refractivity contribution in [2.24, 2.45) is 7.05 Å². The van der Waals surface area contributed by atoms with Crippen LogP contribution in [0.15, 0.2) is 36.7 Å². The summed E-state index contributed by atoms with van der Waals surface area (Å²) in [4.78, 5) is 19.3. The Morgan fingerprint density at radius 2 is 1.80 bits per heavy atom. The molecule has 0 amide bonds. The van der Waals surface area contributed by atoms with E-state index >= 15 is 0 Å². The van der Waals surface area contributed by atoms with E-state index in [1.54, 1.807) is 13.1 Å². The molecule has 1 aliphatic heterocycles. The van der Waals surface area contributed by atoms with Gasteiger partial charge in [-0.15, -0.1) is 10.2 Å². The van der Waals surface area contributed by atoms with Crippen LogP contribution in [0.5, 0.6) is 5.75 Å². The number of nitrogens with one attached hydrogen (secondary N) is 1. The van der Waals surface area contributed by atoms with E-state index in [4.69, 9.17) is 19.9 Å². The number of aromatic hydroxyl groups is 1. The van der Waals surface area contributed by atoms with Crippen molar-refractivity contribution in [1.82, 2.24) is 39.9 Å². The highest BCUT2D eigenvalue weighted by atomic mass is 16.3. The van der Waals surface area contributed by atoms with E-state index in [1.165, 1.54) is 4.80 Å². The Labute approximate surface area is 202 Å². The zero-order valence-electron chi connectivity index (χ0n) is 20.5. The molecule has 1 aliphatic rings. The number of nitrogens with zero attached hydrogens (tertiary/aromatic N) is 7. The zero-order valence-corrected chi connectivity index (χ0v) is 20.5. The van der Waals surface area contributed by atoms with Crippen LogP contribution < -0.4 is 5.32 Å². The summed E-state index contributed by atoms with van der Waals surface area (Å²) in [5.41, 5.74) is 3.15. The van der Waals surface area contributed by atoms with E-state index in [9.17, 15) is 5.11 Å². The third-order valence-electron chi connectivity index (χ3n) is 6.00. The van der Waals surface area contributed by atoms with Gasteiger partial charge in [0, 0.05) is 46.2 Å². The molecule has 0 unspecified atom stereocenters. The Bertz CT molecular complexity index is 1340. The molecule has 0 atom stereocenters. The first-order chi connectivity index (χ1) is 16.5. The van der Waals surface area contributed by atoms with Gasteiger partial charge in [0.2, 0.25) is 11.6 Å². The van der Waals surface area contributed by atoms with E-state index in [0.29, 0.717) is 34.3 Å². The van der Waals surface area contributed by atoms with Crippen LogP contribution in [0.2, 0.25) is 0 Å². The molecule has 0 aliphatic carbocycles. The summed E-state index contributed by atoms with van der Waals surface area (Å²) in [6, 6.07) is 7.40. The van der Waals surface area contributed by atoms with Gasteiger partial charge in [0.15, 0.2) is 0 Å². The number of aromatic nitrogens is 7. The maximum atomic E-state index is 10.7. The van der Waals surface area contributed by atoms with Crippen molar-refractivity contribution in [3.8, 4) is 28.4 Å². The fourth-order valence-corrected chi connectivity index (χ4v) is 5.06. The van der Waals surface area contributed by atoms with Gasteiger partial charge in [0.1, 0.15) is 5.75 Å². The molecule has 0 bridgehead atoms. The third-order valence-corrected chi connectivity index (χ3v) is 6.00. The molecule has 1 fully saturated rings. The lowest BCUT2D eigenvalue weighted by molar-refractivity contribution is -0.122. The normalized spacial score (nSPS) is 17.1. The number of benzene rings is 1. The number of phenolic OH excluding ortho intramolecular Hbond substituents is 1. The van der Waals surface area contributed by atoms with E-state index in [1.807, 2.05) is 28.9 Å². The first-order valence-electron chi connectivity index (χ1n) is 11.3. The van der Waals surface area contributed by atoms with E-state index in [0.717, 1.165) is 18.5 Å². The minimum atomic E-state index is -0.250. The van der Waals surface area contributed by atoms with Gasteiger partial charge in [0.05, 0.1) is 12.7 Å². The second-order valence-corrected chi connectivity index (χ2v) is 10.1. The van der Waals surface area contributed by atoms with Gasteiger partial charge in [-0.2, -0.15) is 4.80 Å². The van der Waals surface area contributed by atoms with Crippen LogP contribution in [0.4, 0.5) is 0 Å². The van der Waals surface area contributed by atoms with Crippen LogP contribution in [0.25, 0.3) is 28.4 Å². The number of carboxylic acid groups (broad SMARTS) is 1. The lowest BCUT2D eigenvalue weighted by Crippen LogP contribution is -2.57. The summed E-state index contributed by atoms with van der Waals surface area (Å²) in [7, 11) is 1.70. The molecule has 5 rings (SSSR count). The average Bonchev–Trinajstić information content (AvgIpc) is 3.37. The van der Waals surface area contributed by atoms with Crippen molar-refractivity contribution in [2.75, 3.05) is 0 Å². The summed E-state index contributed by atoms with van der Waals surface area (Å²) < 4.78 is 1.90. The van der Waals surface area contributed by atoms with Crippen molar-refractivity contribution >= 4 is 12.2 Å². The number of hydrogen-bond acceptors (Lipinski definition) is 8. The Hall–Kier alpha value is -3.86. The quantitative estimate of drug-likeness (QED) is 0.379. The van der Waals surface area contributed by atoms with Crippen LogP contribution >= 0.6 is 0 Å². The highest BCUT2D eigenvalue weighted by Crippen LogP contribution is 2.38. The van der Waals surface area contributed by atoms with Crippen LogP contribution in [0.3, 0.4) is 0 Å². The zero-order chi connectivity index (χ0) is 25.4. The molecule has 0 saturated carbocycles. The van der Waals surface area contributed by atoms with Crippen LogP contribution in [0.1, 0.15) is 52.1 Å². The highest BCUT2D eigenvalue weighted by molar-refractivity contribution is 5.72. The molecule has 35 heavy (non-hydrogen) atoms. The van der Waals surface area contributed by atoms with Crippen LogP contribution in [-0.2, 0) is 11.8 Å². The Balaban J connectivity index is 0.000000917. The lowest BCUT2D eigenvalue weighted by Gasteiger charge is -2.46. The van der Waals surface area contributed by atoms with Crippen LogP contribution in [-0.4, -0.2) is 62.3 Å². The first-order valence-corrected chi connectivity index (χ1v) is 11.3. The standard InChI is InChI=1S/C23H28N8O.CH2O2/c1-22(2)11-15(12-23(3,4)28-22)17-8-9-31-13-18(25-21(31)24-17)16-7-6-14(10-19(16)32)20-26-29-30(5)27-20;2-1-3/h6-10,13,15,28,32H,11-12H2,1-5H3;1H,(H,2,3). The summed E-state index contributed by atoms with van der Waals surface area (Å²) in [6.45, 7) is 8.73. The number of aryl methyl sites for hydroxylation is 1. The third kappa shape index (κ3) is 5.29. The SMILES string of the molecule is Cn1nnc(-c2ccc(-c3cn4ccc(C5CC(C)(C)NC(C)(C)C5)nc4n3)c(O)c2)n1.O=CO. The number of tetrazole rings is 1.